The lowest BCUT2D eigenvalue weighted by atomic mass is 9.52. The van der Waals surface area contributed by atoms with Crippen LogP contribution in [0, 0.1) is 0 Å². The molecule has 37 heavy (non-hydrogen) atoms. The lowest BCUT2D eigenvalue weighted by molar-refractivity contribution is -0.170. The van der Waals surface area contributed by atoms with Crippen LogP contribution >= 0.6 is 12.4 Å². The molecule has 11 nitrogen and oxygen atoms in total. The fraction of sp³-hybridized carbons (Fsp3) is 0.560. The van der Waals surface area contributed by atoms with Gasteiger partial charge in [-0.1, -0.05) is 6.07 Å². The zero-order valence-electron chi connectivity index (χ0n) is 20.4. The van der Waals surface area contributed by atoms with Gasteiger partial charge in [0.15, 0.2) is 29.8 Å². The van der Waals surface area contributed by atoms with Gasteiger partial charge in [-0.05, 0) is 57.5 Å². The number of likely N-dealkylation sites (N-methyl/N-ethyl adjacent to an activating group) is 1. The first-order valence-corrected chi connectivity index (χ1v) is 12.0. The van der Waals surface area contributed by atoms with E-state index in [1.807, 2.05) is 13.1 Å². The second-order valence-corrected chi connectivity index (χ2v) is 10.1. The molecule has 2 aliphatic heterocycles. The van der Waals surface area contributed by atoms with Crippen molar-refractivity contribution < 1.29 is 49.0 Å². The highest BCUT2D eigenvalue weighted by molar-refractivity contribution is 5.85. The molecule has 1 spiro atoms. The molecule has 1 aromatic carbocycles. The van der Waals surface area contributed by atoms with Gasteiger partial charge < -0.3 is 39.5 Å². The summed E-state index contributed by atoms with van der Waals surface area (Å²) in [5.41, 5.74) is -0.443. The van der Waals surface area contributed by atoms with Crippen molar-refractivity contribution in [1.29, 1.82) is 0 Å². The molecule has 6 atom stereocenters. The quantitative estimate of drug-likeness (QED) is 0.378. The summed E-state index contributed by atoms with van der Waals surface area (Å²) in [6.45, 7) is 2.04. The van der Waals surface area contributed by atoms with Crippen LogP contribution in [0.5, 0.6) is 11.5 Å². The maximum absolute atomic E-state index is 12.8. The summed E-state index contributed by atoms with van der Waals surface area (Å²) in [6, 6.07) is 3.22. The SMILES string of the molecule is C[C@H](OC(=O)C[C@H](O)C(=O)O)C(=O)OC1=CC[C@@]2(O)[C@H]3Cc4ccc(O)c5c4[C@@]2(CCCN3C)[C@H]1O5.Cl. The van der Waals surface area contributed by atoms with E-state index in [1.165, 1.54) is 6.92 Å². The van der Waals surface area contributed by atoms with E-state index in [0.29, 0.717) is 12.8 Å². The molecule has 0 saturated carbocycles. The lowest BCUT2D eigenvalue weighted by Crippen LogP contribution is -2.69. The fourth-order valence-corrected chi connectivity index (χ4v) is 6.43. The first-order valence-electron chi connectivity index (χ1n) is 12.0. The third kappa shape index (κ3) is 3.96. The van der Waals surface area contributed by atoms with Crippen molar-refractivity contribution in [2.24, 2.45) is 0 Å². The number of carboxylic acids is 1. The second kappa shape index (κ2) is 9.46. The number of phenols is 1. The number of carbonyl (C=O) groups excluding carboxylic acids is 2. The Hall–Kier alpha value is -2.86. The van der Waals surface area contributed by atoms with E-state index in [2.05, 4.69) is 4.90 Å². The van der Waals surface area contributed by atoms with Gasteiger partial charge in [-0.3, -0.25) is 4.79 Å². The van der Waals surface area contributed by atoms with Gasteiger partial charge in [-0.25, -0.2) is 9.59 Å². The van der Waals surface area contributed by atoms with E-state index in [1.54, 1.807) is 12.1 Å². The highest BCUT2D eigenvalue weighted by Crippen LogP contribution is 2.64. The van der Waals surface area contributed by atoms with Gasteiger partial charge in [-0.15, -0.1) is 12.4 Å². The highest BCUT2D eigenvalue weighted by atomic mass is 35.5. The molecule has 0 unspecified atom stereocenters. The Kier molecular flexibility index (Phi) is 6.95. The Morgan fingerprint density at radius 2 is 2.03 bits per heavy atom. The summed E-state index contributed by atoms with van der Waals surface area (Å²) in [5, 5.41) is 40.9. The van der Waals surface area contributed by atoms with Crippen LogP contribution in [0.3, 0.4) is 0 Å². The van der Waals surface area contributed by atoms with Crippen LogP contribution in [-0.2, 0) is 35.7 Å². The Bertz CT molecular complexity index is 1170. The van der Waals surface area contributed by atoms with Crippen molar-refractivity contribution in [3.8, 4) is 11.5 Å². The molecule has 5 rings (SSSR count). The Morgan fingerprint density at radius 1 is 1.30 bits per heavy atom. The largest absolute Gasteiger partial charge is 0.504 e. The summed E-state index contributed by atoms with van der Waals surface area (Å²) in [5.74, 6) is -3.18. The standard InChI is InChI=1S/C25H29NO10.ClH/c1-12(34-18(29)11-15(28)22(30)31)23(32)35-16-6-8-25(33)17-10-13-4-5-14(27)20-19(13)24(25,21(16)36-20)7-3-9-26(17)2;/h4-6,12,15,17,21,27-28,33H,3,7-11H2,1-2H3,(H,30,31);1H/t12-,15-,17+,21-,24-,25+;/m0./s1. The summed E-state index contributed by atoms with van der Waals surface area (Å²) in [7, 11) is 1.98. The molecule has 4 aliphatic rings. The number of phenolic OH excluding ortho intramolecular Hbond substituents is 1. The number of hydrogen-bond donors (Lipinski definition) is 4. The predicted octanol–water partition coefficient (Wildman–Crippen LogP) is 0.792. The van der Waals surface area contributed by atoms with E-state index >= 15 is 0 Å². The molecule has 1 aromatic rings. The zero-order chi connectivity index (χ0) is 26.0. The molecule has 2 bridgehead atoms. The number of esters is 2. The Labute approximate surface area is 219 Å². The van der Waals surface area contributed by atoms with Gasteiger partial charge in [0, 0.05) is 18.0 Å². The van der Waals surface area contributed by atoms with Crippen molar-refractivity contribution in [3.63, 3.8) is 0 Å². The number of aliphatic hydroxyl groups excluding tert-OH is 1. The number of carbonyl (C=O) groups is 3. The number of aromatic hydroxyl groups is 1. The number of ether oxygens (including phenoxy) is 3. The minimum Gasteiger partial charge on any atom is -0.504 e. The Morgan fingerprint density at radius 3 is 2.73 bits per heavy atom. The van der Waals surface area contributed by atoms with Gasteiger partial charge in [-0.2, -0.15) is 0 Å². The highest BCUT2D eigenvalue weighted by Gasteiger charge is 2.71. The number of hydrogen-bond acceptors (Lipinski definition) is 10. The molecular weight excluding hydrogens is 510 g/mol. The summed E-state index contributed by atoms with van der Waals surface area (Å²) < 4.78 is 16.8. The van der Waals surface area contributed by atoms with E-state index in [-0.39, 0.29) is 42.1 Å². The van der Waals surface area contributed by atoms with Crippen molar-refractivity contribution in [1.82, 2.24) is 4.90 Å². The smallest absolute Gasteiger partial charge is 0.352 e. The third-order valence-corrected chi connectivity index (χ3v) is 8.08. The summed E-state index contributed by atoms with van der Waals surface area (Å²) in [4.78, 5) is 37.6. The third-order valence-electron chi connectivity index (χ3n) is 8.08. The monoisotopic (exact) mass is 539 g/mol. The molecule has 202 valence electrons. The number of nitrogens with zero attached hydrogens (tertiary/aromatic N) is 1. The van der Waals surface area contributed by atoms with Gasteiger partial charge in [0.25, 0.3) is 0 Å². The van der Waals surface area contributed by atoms with Crippen LogP contribution in [0.25, 0.3) is 0 Å². The summed E-state index contributed by atoms with van der Waals surface area (Å²) in [6.07, 6.45) is -1.33. The summed E-state index contributed by atoms with van der Waals surface area (Å²) >= 11 is 0. The molecule has 0 radical (unpaired) electrons. The molecular formula is C25H30ClNO10. The zero-order valence-corrected chi connectivity index (χ0v) is 21.2. The van der Waals surface area contributed by atoms with E-state index in [9.17, 15) is 29.7 Å². The molecule has 0 amide bonds. The minimum absolute atomic E-state index is 0. The molecule has 1 fully saturated rings. The number of halogens is 1. The normalized spacial score (nSPS) is 30.9. The van der Waals surface area contributed by atoms with Gasteiger partial charge in [0.2, 0.25) is 0 Å². The first-order chi connectivity index (χ1) is 17.0. The molecule has 12 heteroatoms. The van der Waals surface area contributed by atoms with Gasteiger partial charge in [0.1, 0.15) is 5.76 Å². The average molecular weight is 540 g/mol. The van der Waals surface area contributed by atoms with Crippen LogP contribution in [0.1, 0.15) is 43.7 Å². The average Bonchev–Trinajstić information content (AvgIpc) is 3.15. The van der Waals surface area contributed by atoms with Crippen molar-refractivity contribution in [2.75, 3.05) is 13.6 Å². The molecule has 2 heterocycles. The second-order valence-electron chi connectivity index (χ2n) is 10.1. The van der Waals surface area contributed by atoms with Crippen LogP contribution in [0.2, 0.25) is 0 Å². The van der Waals surface area contributed by atoms with Gasteiger partial charge >= 0.3 is 17.9 Å². The van der Waals surface area contributed by atoms with Crippen molar-refractivity contribution in [2.45, 2.75) is 74.4 Å². The first kappa shape index (κ1) is 27.2. The number of aliphatic hydroxyl groups is 2. The van der Waals surface area contributed by atoms with Crippen LogP contribution < -0.4 is 4.74 Å². The maximum Gasteiger partial charge on any atom is 0.352 e. The lowest BCUT2D eigenvalue weighted by Gasteiger charge is -2.56. The van der Waals surface area contributed by atoms with E-state index in [4.69, 9.17) is 19.3 Å². The molecule has 4 N–H and O–H groups in total. The van der Waals surface area contributed by atoms with Crippen molar-refractivity contribution >= 4 is 30.3 Å². The Balaban J connectivity index is 0.00000320. The molecule has 0 aromatic heterocycles. The maximum atomic E-state index is 12.8. The minimum atomic E-state index is -1.95. The van der Waals surface area contributed by atoms with E-state index in [0.717, 1.165) is 24.1 Å². The number of likely N-dealkylation sites (tertiary alicyclic amines) is 1. The van der Waals surface area contributed by atoms with Crippen LogP contribution in [0.4, 0.5) is 0 Å². The van der Waals surface area contributed by atoms with Crippen LogP contribution in [-0.4, -0.2) is 86.8 Å². The predicted molar refractivity (Wildman–Crippen MR) is 128 cm³/mol. The number of carboxylic acid groups (broad SMARTS) is 1. The fourth-order valence-electron chi connectivity index (χ4n) is 6.43. The van der Waals surface area contributed by atoms with Crippen LogP contribution in [0.15, 0.2) is 24.0 Å². The number of rotatable bonds is 6. The molecule has 1 saturated heterocycles. The number of aliphatic carboxylic acids is 1. The van der Waals surface area contributed by atoms with Gasteiger partial charge in [0.05, 0.1) is 17.4 Å². The topological polar surface area (TPSA) is 163 Å². The van der Waals surface area contributed by atoms with E-state index < -0.39 is 53.7 Å². The molecule has 2 aliphatic carbocycles. The number of benzene rings is 1. The van der Waals surface area contributed by atoms with Crippen molar-refractivity contribution in [3.05, 3.63) is 35.1 Å².